The van der Waals surface area contributed by atoms with Gasteiger partial charge in [0.2, 0.25) is 5.91 Å². The van der Waals surface area contributed by atoms with E-state index in [1.54, 1.807) is 0 Å². The maximum absolute atomic E-state index is 12.3. The third-order valence-corrected chi connectivity index (χ3v) is 6.15. The molecule has 0 radical (unpaired) electrons. The molecule has 30 heavy (non-hydrogen) atoms. The van der Waals surface area contributed by atoms with Crippen LogP contribution in [-0.4, -0.2) is 26.4 Å². The standard InChI is InChI=1S/C22H25BrN4O2S/c1-14(2)16-5-8-18(9-6-16)29-12-20-25-26-22(27(20)4)30-13-21(28)24-19-10-7-17(23)11-15(19)3/h5-11,14H,12-13H2,1-4H3,(H,24,28). The minimum Gasteiger partial charge on any atom is -0.486 e. The quantitative estimate of drug-likeness (QED) is 0.434. The van der Waals surface area contributed by atoms with Gasteiger partial charge in [0.1, 0.15) is 12.4 Å². The second-order valence-corrected chi connectivity index (χ2v) is 9.12. The molecule has 0 saturated heterocycles. The number of rotatable bonds is 8. The highest BCUT2D eigenvalue weighted by molar-refractivity contribution is 9.10. The van der Waals surface area contributed by atoms with E-state index in [4.69, 9.17) is 4.74 Å². The number of nitrogens with one attached hydrogen (secondary N) is 1. The Bertz CT molecular complexity index is 1020. The third kappa shape index (κ3) is 5.86. The molecule has 0 aliphatic rings. The summed E-state index contributed by atoms with van der Waals surface area (Å²) in [6, 6.07) is 13.8. The normalized spacial score (nSPS) is 11.0. The lowest BCUT2D eigenvalue weighted by molar-refractivity contribution is -0.113. The molecule has 1 N–H and O–H groups in total. The highest BCUT2D eigenvalue weighted by Gasteiger charge is 2.13. The second kappa shape index (κ2) is 10.1. The maximum Gasteiger partial charge on any atom is 0.234 e. The van der Waals surface area contributed by atoms with Gasteiger partial charge in [-0.05, 0) is 54.3 Å². The lowest BCUT2D eigenvalue weighted by Crippen LogP contribution is -2.15. The molecule has 3 rings (SSSR count). The van der Waals surface area contributed by atoms with Gasteiger partial charge in [-0.1, -0.05) is 53.7 Å². The predicted octanol–water partition coefficient (Wildman–Crippen LogP) is 5.32. The molecule has 0 atom stereocenters. The van der Waals surface area contributed by atoms with Crippen LogP contribution in [0.3, 0.4) is 0 Å². The van der Waals surface area contributed by atoms with E-state index in [1.165, 1.54) is 17.3 Å². The summed E-state index contributed by atoms with van der Waals surface area (Å²) in [7, 11) is 1.87. The van der Waals surface area contributed by atoms with Gasteiger partial charge >= 0.3 is 0 Å². The van der Waals surface area contributed by atoms with E-state index >= 15 is 0 Å². The van der Waals surface area contributed by atoms with Crippen molar-refractivity contribution >= 4 is 39.3 Å². The summed E-state index contributed by atoms with van der Waals surface area (Å²) >= 11 is 4.77. The summed E-state index contributed by atoms with van der Waals surface area (Å²) in [4.78, 5) is 12.3. The van der Waals surface area contributed by atoms with Crippen LogP contribution in [0, 0.1) is 6.92 Å². The Morgan fingerprint density at radius 1 is 1.20 bits per heavy atom. The van der Waals surface area contributed by atoms with Crippen LogP contribution in [0.4, 0.5) is 5.69 Å². The molecule has 8 heteroatoms. The van der Waals surface area contributed by atoms with Crippen LogP contribution in [-0.2, 0) is 18.4 Å². The molecule has 0 aliphatic carbocycles. The van der Waals surface area contributed by atoms with E-state index in [0.29, 0.717) is 23.5 Å². The molecular formula is C22H25BrN4O2S. The number of hydrogen-bond acceptors (Lipinski definition) is 5. The zero-order valence-corrected chi connectivity index (χ0v) is 19.9. The average molecular weight is 489 g/mol. The Kier molecular flexibility index (Phi) is 7.55. The molecule has 1 aromatic heterocycles. The van der Waals surface area contributed by atoms with Crippen molar-refractivity contribution in [3.8, 4) is 5.75 Å². The van der Waals surface area contributed by atoms with Crippen LogP contribution in [0.25, 0.3) is 0 Å². The monoisotopic (exact) mass is 488 g/mol. The lowest BCUT2D eigenvalue weighted by Gasteiger charge is -2.09. The molecule has 0 bridgehead atoms. The molecule has 158 valence electrons. The SMILES string of the molecule is Cc1cc(Br)ccc1NC(=O)CSc1nnc(COc2ccc(C(C)C)cc2)n1C. The average Bonchev–Trinajstić information content (AvgIpc) is 3.07. The van der Waals surface area contributed by atoms with Gasteiger partial charge in [0.05, 0.1) is 5.75 Å². The number of aromatic nitrogens is 3. The molecule has 1 amide bonds. The van der Waals surface area contributed by atoms with Gasteiger partial charge in [0, 0.05) is 17.2 Å². The molecule has 2 aromatic carbocycles. The van der Waals surface area contributed by atoms with Gasteiger partial charge in [-0.25, -0.2) is 0 Å². The Morgan fingerprint density at radius 2 is 1.93 bits per heavy atom. The van der Waals surface area contributed by atoms with Crippen molar-refractivity contribution < 1.29 is 9.53 Å². The summed E-state index contributed by atoms with van der Waals surface area (Å²) in [6.07, 6.45) is 0. The Labute approximate surface area is 189 Å². The summed E-state index contributed by atoms with van der Waals surface area (Å²) in [5.74, 6) is 2.15. The number of nitrogens with zero attached hydrogens (tertiary/aromatic N) is 3. The first-order chi connectivity index (χ1) is 14.3. The highest BCUT2D eigenvalue weighted by Crippen LogP contribution is 2.22. The molecular weight excluding hydrogens is 464 g/mol. The number of benzene rings is 2. The minimum absolute atomic E-state index is 0.0866. The fourth-order valence-corrected chi connectivity index (χ4v) is 3.98. The number of carbonyl (C=O) groups excluding carboxylic acids is 1. The number of amides is 1. The van der Waals surface area contributed by atoms with Crippen molar-refractivity contribution in [2.75, 3.05) is 11.1 Å². The Balaban J connectivity index is 1.52. The number of carbonyl (C=O) groups is 1. The predicted molar refractivity (Wildman–Crippen MR) is 124 cm³/mol. The number of aryl methyl sites for hydroxylation is 1. The van der Waals surface area contributed by atoms with Crippen molar-refractivity contribution in [1.29, 1.82) is 0 Å². The van der Waals surface area contributed by atoms with Crippen LogP contribution in [0.2, 0.25) is 0 Å². The smallest absolute Gasteiger partial charge is 0.234 e. The fourth-order valence-electron chi connectivity index (χ4n) is 2.78. The first-order valence-corrected chi connectivity index (χ1v) is 11.4. The summed E-state index contributed by atoms with van der Waals surface area (Å²) < 4.78 is 8.67. The van der Waals surface area contributed by atoms with Crippen molar-refractivity contribution in [3.63, 3.8) is 0 Å². The molecule has 0 aliphatic heterocycles. The second-order valence-electron chi connectivity index (χ2n) is 7.27. The number of anilines is 1. The Hall–Kier alpha value is -2.32. The van der Waals surface area contributed by atoms with Gasteiger partial charge in [0.25, 0.3) is 0 Å². The molecule has 0 fully saturated rings. The largest absolute Gasteiger partial charge is 0.486 e. The summed E-state index contributed by atoms with van der Waals surface area (Å²) in [5.41, 5.74) is 3.08. The van der Waals surface area contributed by atoms with Gasteiger partial charge in [-0.3, -0.25) is 4.79 Å². The van der Waals surface area contributed by atoms with Crippen LogP contribution < -0.4 is 10.1 Å². The van der Waals surface area contributed by atoms with E-state index in [1.807, 2.05) is 48.9 Å². The van der Waals surface area contributed by atoms with Gasteiger partial charge in [0.15, 0.2) is 11.0 Å². The third-order valence-electron chi connectivity index (χ3n) is 4.63. The summed E-state index contributed by atoms with van der Waals surface area (Å²) in [5, 5.41) is 12.0. The van der Waals surface area contributed by atoms with Crippen molar-refractivity contribution in [3.05, 3.63) is 63.9 Å². The van der Waals surface area contributed by atoms with Crippen molar-refractivity contribution in [1.82, 2.24) is 14.8 Å². The number of ether oxygens (including phenoxy) is 1. The van der Waals surface area contributed by atoms with Crippen LogP contribution in [0.15, 0.2) is 52.1 Å². The molecule has 3 aromatic rings. The van der Waals surface area contributed by atoms with Crippen LogP contribution in [0.1, 0.15) is 36.7 Å². The first-order valence-electron chi connectivity index (χ1n) is 9.63. The number of halogens is 1. The molecule has 0 spiro atoms. The fraction of sp³-hybridized carbons (Fsp3) is 0.318. The summed E-state index contributed by atoms with van der Waals surface area (Å²) in [6.45, 7) is 6.60. The molecule has 6 nitrogen and oxygen atoms in total. The minimum atomic E-state index is -0.0866. The Morgan fingerprint density at radius 3 is 2.60 bits per heavy atom. The number of thioether (sulfide) groups is 1. The number of hydrogen-bond donors (Lipinski definition) is 1. The van der Waals surface area contributed by atoms with Crippen LogP contribution in [0.5, 0.6) is 5.75 Å². The van der Waals surface area contributed by atoms with Gasteiger partial charge < -0.3 is 14.6 Å². The van der Waals surface area contributed by atoms with E-state index < -0.39 is 0 Å². The molecule has 0 unspecified atom stereocenters. The maximum atomic E-state index is 12.3. The lowest BCUT2D eigenvalue weighted by atomic mass is 10.0. The van der Waals surface area contributed by atoms with E-state index in [2.05, 4.69) is 57.4 Å². The van der Waals surface area contributed by atoms with E-state index in [9.17, 15) is 4.79 Å². The highest BCUT2D eigenvalue weighted by atomic mass is 79.9. The van der Waals surface area contributed by atoms with Gasteiger partial charge in [-0.2, -0.15) is 0 Å². The van der Waals surface area contributed by atoms with Crippen molar-refractivity contribution in [2.24, 2.45) is 7.05 Å². The zero-order chi connectivity index (χ0) is 21.7. The first kappa shape index (κ1) is 22.4. The molecule has 0 saturated carbocycles. The van der Waals surface area contributed by atoms with Gasteiger partial charge in [-0.15, -0.1) is 10.2 Å². The zero-order valence-electron chi connectivity index (χ0n) is 17.5. The topological polar surface area (TPSA) is 69.0 Å². The van der Waals surface area contributed by atoms with Crippen molar-refractivity contribution in [2.45, 2.75) is 38.5 Å². The molecule has 1 heterocycles. The van der Waals surface area contributed by atoms with Crippen LogP contribution >= 0.6 is 27.7 Å². The van der Waals surface area contributed by atoms with E-state index in [0.717, 1.165) is 21.5 Å². The van der Waals surface area contributed by atoms with E-state index in [-0.39, 0.29) is 11.7 Å².